The molecule has 3 aromatic heterocycles. The molecule has 0 radical (unpaired) electrons. The van der Waals surface area contributed by atoms with Crippen molar-refractivity contribution in [3.63, 3.8) is 0 Å². The lowest BCUT2D eigenvalue weighted by Gasteiger charge is -2.35. The number of pyridine rings is 1. The maximum Gasteiger partial charge on any atom is 0.410 e. The number of thiazole rings is 1. The van der Waals surface area contributed by atoms with Crippen LogP contribution in [0.15, 0.2) is 31.1 Å². The highest BCUT2D eigenvalue weighted by molar-refractivity contribution is 7.23. The summed E-state index contributed by atoms with van der Waals surface area (Å²) in [5.41, 5.74) is 2.30. The minimum Gasteiger partial charge on any atom is -0.444 e. The molecule has 0 saturated carbocycles. The van der Waals surface area contributed by atoms with Gasteiger partial charge in [-0.05, 0) is 51.8 Å². The largest absolute Gasteiger partial charge is 0.444 e. The van der Waals surface area contributed by atoms with Crippen molar-refractivity contribution in [1.82, 2.24) is 14.9 Å². The van der Waals surface area contributed by atoms with Crippen LogP contribution in [-0.4, -0.2) is 39.0 Å². The number of amides is 2. The molecule has 3 aromatic rings. The fourth-order valence-electron chi connectivity index (χ4n) is 3.57. The number of thiophene rings is 1. The monoisotopic (exact) mass is 456 g/mol. The minimum atomic E-state index is -0.560. The molecule has 4 rings (SSSR count). The van der Waals surface area contributed by atoms with E-state index in [2.05, 4.69) is 16.9 Å². The molecule has 31 heavy (non-hydrogen) atoms. The van der Waals surface area contributed by atoms with E-state index in [0.29, 0.717) is 13.0 Å². The van der Waals surface area contributed by atoms with Crippen LogP contribution in [0.3, 0.4) is 0 Å². The van der Waals surface area contributed by atoms with Gasteiger partial charge in [0.25, 0.3) is 0 Å². The van der Waals surface area contributed by atoms with Crippen molar-refractivity contribution in [2.75, 3.05) is 11.9 Å². The molecule has 0 saturated heterocycles. The van der Waals surface area contributed by atoms with E-state index in [-0.39, 0.29) is 18.0 Å². The summed E-state index contributed by atoms with van der Waals surface area (Å²) in [6.45, 7) is 11.7. The molecular formula is C22H24N4O3S2. The van der Waals surface area contributed by atoms with Gasteiger partial charge >= 0.3 is 6.09 Å². The molecule has 1 aliphatic rings. The van der Waals surface area contributed by atoms with Crippen molar-refractivity contribution in [1.29, 1.82) is 0 Å². The quantitative estimate of drug-likeness (QED) is 0.534. The Labute approximate surface area is 188 Å². The van der Waals surface area contributed by atoms with E-state index in [0.717, 1.165) is 36.2 Å². The van der Waals surface area contributed by atoms with Crippen LogP contribution < -0.4 is 5.32 Å². The summed E-state index contributed by atoms with van der Waals surface area (Å²) in [5, 5.41) is 4.49. The van der Waals surface area contributed by atoms with Crippen molar-refractivity contribution in [3.8, 4) is 10.6 Å². The SMILES string of the molecule is C=CC(=O)Nc1sc2c(c1-c1nc3cnccc3s1)CCN(C(=O)OC(C)(C)C)[C@H]2C. The first-order chi connectivity index (χ1) is 14.7. The Morgan fingerprint density at radius 1 is 1.35 bits per heavy atom. The number of rotatable bonds is 3. The van der Waals surface area contributed by atoms with Crippen molar-refractivity contribution in [3.05, 3.63) is 41.6 Å². The van der Waals surface area contributed by atoms with Crippen LogP contribution in [0.4, 0.5) is 9.80 Å². The van der Waals surface area contributed by atoms with Crippen molar-refractivity contribution < 1.29 is 14.3 Å². The molecule has 162 valence electrons. The summed E-state index contributed by atoms with van der Waals surface area (Å²) in [4.78, 5) is 36.6. The second-order valence-electron chi connectivity index (χ2n) is 8.30. The summed E-state index contributed by atoms with van der Waals surface area (Å²) >= 11 is 3.05. The molecule has 1 atom stereocenters. The fraction of sp³-hybridized carbons (Fsp3) is 0.364. The van der Waals surface area contributed by atoms with Crippen LogP contribution in [0.25, 0.3) is 20.8 Å². The predicted molar refractivity (Wildman–Crippen MR) is 125 cm³/mol. The van der Waals surface area contributed by atoms with Gasteiger partial charge in [-0.2, -0.15) is 0 Å². The number of nitrogens with zero attached hydrogens (tertiary/aromatic N) is 3. The van der Waals surface area contributed by atoms with Crippen molar-refractivity contribution >= 4 is 49.9 Å². The number of carbonyl (C=O) groups is 2. The lowest BCUT2D eigenvalue weighted by molar-refractivity contribution is -0.111. The van der Waals surface area contributed by atoms with Gasteiger partial charge in [0.05, 0.1) is 16.9 Å². The zero-order valence-electron chi connectivity index (χ0n) is 17.9. The summed E-state index contributed by atoms with van der Waals surface area (Å²) in [6.07, 6.45) is 5.06. The average Bonchev–Trinajstić information content (AvgIpc) is 3.27. The second kappa shape index (κ2) is 8.05. The molecule has 0 bridgehead atoms. The summed E-state index contributed by atoms with van der Waals surface area (Å²) < 4.78 is 6.63. The van der Waals surface area contributed by atoms with Crippen LogP contribution in [0, 0.1) is 0 Å². The first-order valence-electron chi connectivity index (χ1n) is 9.97. The maximum absolute atomic E-state index is 12.7. The molecule has 7 nitrogen and oxygen atoms in total. The van der Waals surface area contributed by atoms with Crippen LogP contribution in [0.5, 0.6) is 0 Å². The van der Waals surface area contributed by atoms with Gasteiger partial charge in [-0.1, -0.05) is 6.58 Å². The van der Waals surface area contributed by atoms with Crippen molar-refractivity contribution in [2.45, 2.75) is 45.8 Å². The predicted octanol–water partition coefficient (Wildman–Crippen LogP) is 5.40. The third-order valence-electron chi connectivity index (χ3n) is 4.94. The van der Waals surface area contributed by atoms with Crippen LogP contribution >= 0.6 is 22.7 Å². The van der Waals surface area contributed by atoms with E-state index in [1.807, 2.05) is 33.8 Å². The number of anilines is 1. The molecule has 4 heterocycles. The number of carbonyl (C=O) groups excluding carboxylic acids is 2. The Morgan fingerprint density at radius 3 is 2.81 bits per heavy atom. The second-order valence-corrected chi connectivity index (χ2v) is 10.4. The van der Waals surface area contributed by atoms with Gasteiger partial charge in [-0.15, -0.1) is 22.7 Å². The minimum absolute atomic E-state index is 0.173. The maximum atomic E-state index is 12.7. The van der Waals surface area contributed by atoms with Crippen LogP contribution in [0.1, 0.15) is 44.2 Å². The van der Waals surface area contributed by atoms with Gasteiger partial charge in [-0.3, -0.25) is 9.78 Å². The molecule has 0 spiro atoms. The zero-order valence-corrected chi connectivity index (χ0v) is 19.5. The van der Waals surface area contributed by atoms with E-state index < -0.39 is 5.60 Å². The number of aromatic nitrogens is 2. The zero-order chi connectivity index (χ0) is 22.3. The Bertz CT molecular complexity index is 1140. The molecule has 0 unspecified atom stereocenters. The molecule has 0 aliphatic carbocycles. The molecular weight excluding hydrogens is 432 g/mol. The highest BCUT2D eigenvalue weighted by Crippen LogP contribution is 2.48. The summed E-state index contributed by atoms with van der Waals surface area (Å²) in [7, 11) is 0. The Morgan fingerprint density at radius 2 is 2.13 bits per heavy atom. The van der Waals surface area contributed by atoms with E-state index in [1.54, 1.807) is 28.6 Å². The molecule has 2 amide bonds. The number of nitrogens with one attached hydrogen (secondary N) is 1. The van der Waals surface area contributed by atoms with Gasteiger partial charge < -0.3 is 15.0 Å². The summed E-state index contributed by atoms with van der Waals surface area (Å²) in [6, 6.07) is 1.76. The number of fused-ring (bicyclic) bond motifs is 2. The Hall–Kier alpha value is -2.78. The lowest BCUT2D eigenvalue weighted by Crippen LogP contribution is -2.41. The topological polar surface area (TPSA) is 84.4 Å². The Kier molecular flexibility index (Phi) is 5.57. The van der Waals surface area contributed by atoms with E-state index in [1.165, 1.54) is 17.4 Å². The van der Waals surface area contributed by atoms with Gasteiger partial charge in [0.1, 0.15) is 21.1 Å². The number of ether oxygens (including phenoxy) is 1. The van der Waals surface area contributed by atoms with E-state index >= 15 is 0 Å². The van der Waals surface area contributed by atoms with Gasteiger partial charge in [-0.25, -0.2) is 9.78 Å². The van der Waals surface area contributed by atoms with Gasteiger partial charge in [0.2, 0.25) is 5.91 Å². The molecule has 9 heteroatoms. The van der Waals surface area contributed by atoms with Crippen LogP contribution in [-0.2, 0) is 16.0 Å². The highest BCUT2D eigenvalue weighted by Gasteiger charge is 2.35. The smallest absolute Gasteiger partial charge is 0.410 e. The normalized spacial score (nSPS) is 16.1. The third kappa shape index (κ3) is 4.20. The lowest BCUT2D eigenvalue weighted by atomic mass is 9.98. The highest BCUT2D eigenvalue weighted by atomic mass is 32.1. The number of hydrogen-bond acceptors (Lipinski definition) is 7. The molecule has 0 fully saturated rings. The Balaban J connectivity index is 1.78. The first-order valence-corrected chi connectivity index (χ1v) is 11.6. The summed E-state index contributed by atoms with van der Waals surface area (Å²) in [5.74, 6) is -0.278. The number of hydrogen-bond donors (Lipinski definition) is 1. The van der Waals surface area contributed by atoms with E-state index in [4.69, 9.17) is 9.72 Å². The third-order valence-corrected chi connectivity index (χ3v) is 7.31. The molecule has 1 N–H and O–H groups in total. The van der Waals surface area contributed by atoms with Gasteiger partial charge in [0, 0.05) is 23.2 Å². The van der Waals surface area contributed by atoms with Gasteiger partial charge in [0.15, 0.2) is 0 Å². The van der Waals surface area contributed by atoms with Crippen molar-refractivity contribution in [2.24, 2.45) is 0 Å². The fourth-order valence-corrected chi connectivity index (χ4v) is 5.96. The molecule has 0 aromatic carbocycles. The first kappa shape index (κ1) is 21.5. The average molecular weight is 457 g/mol. The molecule has 1 aliphatic heterocycles. The standard InChI is InChI=1S/C22H24N4O3S2/c1-6-16(27)25-20-17(19-24-14-11-23-9-7-15(14)30-19)13-8-10-26(12(2)18(13)31-20)21(28)29-22(3,4)5/h6-7,9,11-12H,1,8,10H2,2-5H3,(H,25,27)/t12-/m0/s1. The van der Waals surface area contributed by atoms with Crippen LogP contribution in [0.2, 0.25) is 0 Å². The van der Waals surface area contributed by atoms with E-state index in [9.17, 15) is 9.59 Å².